The van der Waals surface area contributed by atoms with Crippen molar-refractivity contribution in [1.29, 1.82) is 0 Å². The Balaban J connectivity index is 1.98. The maximum absolute atomic E-state index is 12.9. The van der Waals surface area contributed by atoms with Crippen molar-refractivity contribution in [2.75, 3.05) is 5.32 Å². The van der Waals surface area contributed by atoms with Crippen molar-refractivity contribution in [2.45, 2.75) is 0 Å². The van der Waals surface area contributed by atoms with Crippen molar-refractivity contribution in [2.24, 2.45) is 0 Å². The van der Waals surface area contributed by atoms with Crippen LogP contribution < -0.4 is 5.32 Å². The molecule has 0 atom stereocenters. The molecule has 18 heavy (non-hydrogen) atoms. The Kier molecular flexibility index (Phi) is 4.28. The van der Waals surface area contributed by atoms with Crippen LogP contribution in [0.3, 0.4) is 0 Å². The number of hydrogen-bond acceptors (Lipinski definition) is 2. The summed E-state index contributed by atoms with van der Waals surface area (Å²) in [5.74, 6) is -0.663. The van der Waals surface area contributed by atoms with Gasteiger partial charge in [0.15, 0.2) is 0 Å². The van der Waals surface area contributed by atoms with E-state index in [9.17, 15) is 9.18 Å². The second-order valence-electron chi connectivity index (χ2n) is 3.47. The van der Waals surface area contributed by atoms with Gasteiger partial charge in [-0.2, -0.15) is 0 Å². The third kappa shape index (κ3) is 3.78. The molecule has 0 aliphatic carbocycles. The molecule has 2 nitrogen and oxygen atoms in total. The number of carbonyl (C=O) groups is 1. The van der Waals surface area contributed by atoms with Crippen molar-refractivity contribution < 1.29 is 9.18 Å². The maximum atomic E-state index is 12.9. The SMILES string of the molecule is O=C(/C=C/c1ccc(Br)s1)Nc1cccc(F)c1. The molecule has 0 aliphatic heterocycles. The minimum atomic E-state index is -0.376. The largest absolute Gasteiger partial charge is 0.322 e. The van der Waals surface area contributed by atoms with Crippen LogP contribution in [0.15, 0.2) is 46.3 Å². The molecule has 0 spiro atoms. The quantitative estimate of drug-likeness (QED) is 0.837. The first-order chi connectivity index (χ1) is 8.63. The zero-order valence-electron chi connectivity index (χ0n) is 9.19. The Morgan fingerprint density at radius 1 is 1.33 bits per heavy atom. The molecule has 1 heterocycles. The summed E-state index contributed by atoms with van der Waals surface area (Å²) in [7, 11) is 0. The van der Waals surface area contributed by atoms with Crippen LogP contribution in [0.1, 0.15) is 4.88 Å². The number of amides is 1. The first-order valence-electron chi connectivity index (χ1n) is 5.13. The molecule has 0 unspecified atom stereocenters. The number of carbonyl (C=O) groups excluding carboxylic acids is 1. The van der Waals surface area contributed by atoms with Crippen molar-refractivity contribution in [1.82, 2.24) is 0 Å². The molecule has 1 amide bonds. The monoisotopic (exact) mass is 325 g/mol. The van der Waals surface area contributed by atoms with Gasteiger partial charge in [-0.05, 0) is 52.3 Å². The highest BCUT2D eigenvalue weighted by Gasteiger charge is 1.99. The van der Waals surface area contributed by atoms with Gasteiger partial charge in [-0.3, -0.25) is 4.79 Å². The minimum Gasteiger partial charge on any atom is -0.322 e. The summed E-state index contributed by atoms with van der Waals surface area (Å²) in [4.78, 5) is 12.5. The predicted molar refractivity (Wildman–Crippen MR) is 76.1 cm³/mol. The number of anilines is 1. The Morgan fingerprint density at radius 3 is 2.83 bits per heavy atom. The number of nitrogens with one attached hydrogen (secondary N) is 1. The van der Waals surface area contributed by atoms with E-state index in [2.05, 4.69) is 21.2 Å². The Labute approximate surface area is 116 Å². The summed E-state index contributed by atoms with van der Waals surface area (Å²) >= 11 is 4.87. The fraction of sp³-hybridized carbons (Fsp3) is 0. The van der Waals surface area contributed by atoms with Crippen LogP contribution in [0.25, 0.3) is 6.08 Å². The molecular formula is C13H9BrFNOS. The number of hydrogen-bond donors (Lipinski definition) is 1. The number of halogens is 2. The van der Waals surface area contributed by atoms with Gasteiger partial charge < -0.3 is 5.32 Å². The van der Waals surface area contributed by atoms with E-state index in [1.807, 2.05) is 12.1 Å². The predicted octanol–water partition coefficient (Wildman–Crippen LogP) is 4.30. The lowest BCUT2D eigenvalue weighted by atomic mass is 10.3. The van der Waals surface area contributed by atoms with Gasteiger partial charge in [-0.15, -0.1) is 11.3 Å². The molecule has 0 bridgehead atoms. The van der Waals surface area contributed by atoms with Crippen LogP contribution in [-0.2, 0) is 4.79 Å². The lowest BCUT2D eigenvalue weighted by Crippen LogP contribution is -2.07. The summed E-state index contributed by atoms with van der Waals surface area (Å²) in [5, 5.41) is 2.59. The van der Waals surface area contributed by atoms with E-state index in [1.54, 1.807) is 18.2 Å². The topological polar surface area (TPSA) is 29.1 Å². The van der Waals surface area contributed by atoms with E-state index in [-0.39, 0.29) is 11.7 Å². The highest BCUT2D eigenvalue weighted by atomic mass is 79.9. The highest BCUT2D eigenvalue weighted by Crippen LogP contribution is 2.23. The summed E-state index contributed by atoms with van der Waals surface area (Å²) in [6.45, 7) is 0. The first-order valence-corrected chi connectivity index (χ1v) is 6.74. The van der Waals surface area contributed by atoms with Crippen molar-refractivity contribution in [3.05, 3.63) is 57.0 Å². The van der Waals surface area contributed by atoms with Gasteiger partial charge in [0.25, 0.3) is 0 Å². The van der Waals surface area contributed by atoms with Crippen LogP contribution in [0.5, 0.6) is 0 Å². The highest BCUT2D eigenvalue weighted by molar-refractivity contribution is 9.11. The average molecular weight is 326 g/mol. The maximum Gasteiger partial charge on any atom is 0.248 e. The standard InChI is InChI=1S/C13H9BrFNOS/c14-12-6-4-11(18-12)5-7-13(17)16-10-3-1-2-9(15)8-10/h1-8H,(H,16,17)/b7-5+. The van der Waals surface area contributed by atoms with Gasteiger partial charge in [0.1, 0.15) is 5.82 Å². The van der Waals surface area contributed by atoms with Gasteiger partial charge in [-0.25, -0.2) is 4.39 Å². The molecule has 1 aromatic heterocycles. The molecule has 0 fully saturated rings. The van der Waals surface area contributed by atoms with Crippen molar-refractivity contribution in [3.8, 4) is 0 Å². The zero-order chi connectivity index (χ0) is 13.0. The van der Waals surface area contributed by atoms with Gasteiger partial charge in [-0.1, -0.05) is 6.07 Å². The van der Waals surface area contributed by atoms with Crippen molar-refractivity contribution in [3.63, 3.8) is 0 Å². The number of thiophene rings is 1. The number of rotatable bonds is 3. The fourth-order valence-corrected chi connectivity index (χ4v) is 2.65. The lowest BCUT2D eigenvalue weighted by Gasteiger charge is -2.01. The second-order valence-corrected chi connectivity index (χ2v) is 5.97. The average Bonchev–Trinajstić information content (AvgIpc) is 2.73. The lowest BCUT2D eigenvalue weighted by molar-refractivity contribution is -0.111. The van der Waals surface area contributed by atoms with Gasteiger partial charge in [0.2, 0.25) is 5.91 Å². The van der Waals surface area contributed by atoms with E-state index in [1.165, 1.54) is 29.5 Å². The van der Waals surface area contributed by atoms with Crippen LogP contribution in [0, 0.1) is 5.82 Å². The molecule has 1 N–H and O–H groups in total. The molecule has 0 saturated heterocycles. The van der Waals surface area contributed by atoms with E-state index < -0.39 is 0 Å². The Morgan fingerprint density at radius 2 is 2.17 bits per heavy atom. The smallest absolute Gasteiger partial charge is 0.248 e. The fourth-order valence-electron chi connectivity index (χ4n) is 1.33. The molecule has 0 saturated carbocycles. The van der Waals surface area contributed by atoms with Gasteiger partial charge in [0, 0.05) is 16.6 Å². The summed E-state index contributed by atoms with van der Waals surface area (Å²) < 4.78 is 13.9. The molecule has 2 aromatic rings. The first kappa shape index (κ1) is 13.0. The number of benzene rings is 1. The summed E-state index contributed by atoms with van der Waals surface area (Å²) in [6.07, 6.45) is 3.13. The van der Waals surface area contributed by atoms with Gasteiger partial charge >= 0.3 is 0 Å². The molecular weight excluding hydrogens is 317 g/mol. The van der Waals surface area contributed by atoms with E-state index in [0.717, 1.165) is 8.66 Å². The third-order valence-electron chi connectivity index (χ3n) is 2.09. The Bertz CT molecular complexity index is 594. The van der Waals surface area contributed by atoms with E-state index in [4.69, 9.17) is 0 Å². The molecule has 0 radical (unpaired) electrons. The summed E-state index contributed by atoms with van der Waals surface area (Å²) in [6, 6.07) is 9.60. The molecule has 5 heteroatoms. The van der Waals surface area contributed by atoms with E-state index in [0.29, 0.717) is 5.69 Å². The molecule has 2 rings (SSSR count). The minimum absolute atomic E-state index is 0.287. The van der Waals surface area contributed by atoms with Crippen LogP contribution in [0.2, 0.25) is 0 Å². The molecule has 0 aliphatic rings. The van der Waals surface area contributed by atoms with Crippen LogP contribution in [0.4, 0.5) is 10.1 Å². The Hall–Kier alpha value is -1.46. The summed E-state index contributed by atoms with van der Waals surface area (Å²) in [5.41, 5.74) is 0.442. The van der Waals surface area contributed by atoms with Crippen molar-refractivity contribution >= 4 is 44.9 Å². The zero-order valence-corrected chi connectivity index (χ0v) is 11.6. The normalized spacial score (nSPS) is 10.8. The molecule has 92 valence electrons. The van der Waals surface area contributed by atoms with Gasteiger partial charge in [0.05, 0.1) is 3.79 Å². The van der Waals surface area contributed by atoms with Crippen LogP contribution in [-0.4, -0.2) is 5.91 Å². The second kappa shape index (κ2) is 5.93. The third-order valence-corrected chi connectivity index (χ3v) is 3.67. The molecule has 1 aromatic carbocycles. The van der Waals surface area contributed by atoms with E-state index >= 15 is 0 Å². The van der Waals surface area contributed by atoms with Crippen LogP contribution >= 0.6 is 27.3 Å².